The highest BCUT2D eigenvalue weighted by Gasteiger charge is 2.37. The molecule has 126 valence electrons. The summed E-state index contributed by atoms with van der Waals surface area (Å²) in [6, 6.07) is 0. The number of nitrogens with zero attached hydrogens (tertiary/aromatic N) is 3. The number of carboxylic acids is 1. The van der Waals surface area contributed by atoms with Crippen LogP contribution in [-0.2, 0) is 9.53 Å². The minimum Gasteiger partial charge on any atom is -0.481 e. The Balaban J connectivity index is 1.75. The number of aromatic nitrogens is 2. The molecular weight excluding hydrogens is 306 g/mol. The zero-order chi connectivity index (χ0) is 16.6. The number of hydrogen-bond acceptors (Lipinski definition) is 7. The second kappa shape index (κ2) is 6.14. The first-order valence-corrected chi connectivity index (χ1v) is 7.32. The highest BCUT2D eigenvalue weighted by Crippen LogP contribution is 2.33. The molecule has 5 N–H and O–H groups in total. The lowest BCUT2D eigenvalue weighted by atomic mass is 10.2. The van der Waals surface area contributed by atoms with Crippen molar-refractivity contribution < 1.29 is 24.9 Å². The Bertz CT molecular complexity index is 618. The number of carboxylic acid groups (broad SMARTS) is 1. The number of carbonyl (C=O) groups is 1. The minimum atomic E-state index is -0.919. The molecule has 3 atom stereocenters. The molecule has 2 aliphatic heterocycles. The van der Waals surface area contributed by atoms with Crippen molar-refractivity contribution >= 4 is 17.6 Å². The third kappa shape index (κ3) is 2.87. The molecule has 0 radical (unpaired) electrons. The summed E-state index contributed by atoms with van der Waals surface area (Å²) >= 11 is 0. The first kappa shape index (κ1) is 15.7. The molecule has 0 aromatic carbocycles. The van der Waals surface area contributed by atoms with Crippen LogP contribution in [0.1, 0.15) is 24.8 Å². The van der Waals surface area contributed by atoms with E-state index in [1.54, 1.807) is 9.47 Å². The topological polar surface area (TPSA) is 144 Å². The molecule has 23 heavy (non-hydrogen) atoms. The van der Waals surface area contributed by atoms with Gasteiger partial charge in [-0.3, -0.25) is 14.8 Å². The van der Waals surface area contributed by atoms with E-state index >= 15 is 0 Å². The fourth-order valence-corrected chi connectivity index (χ4v) is 2.80. The maximum absolute atomic E-state index is 10.7. The maximum Gasteiger partial charge on any atom is 0.305 e. The van der Waals surface area contributed by atoms with E-state index < -0.39 is 24.4 Å². The molecule has 0 saturated carbocycles. The van der Waals surface area contributed by atoms with Gasteiger partial charge in [0, 0.05) is 13.0 Å². The summed E-state index contributed by atoms with van der Waals surface area (Å²) in [5.41, 5.74) is 0.409. The number of aliphatic carboxylic acids is 1. The second-order valence-electron chi connectivity index (χ2n) is 5.55. The van der Waals surface area contributed by atoms with Crippen LogP contribution in [-0.4, -0.2) is 73.6 Å². The van der Waals surface area contributed by atoms with E-state index in [2.05, 4.69) is 10.3 Å². The number of imidazole rings is 1. The Morgan fingerprint density at radius 1 is 1.57 bits per heavy atom. The highest BCUT2D eigenvalue weighted by molar-refractivity contribution is 6.00. The van der Waals surface area contributed by atoms with Gasteiger partial charge in [-0.25, -0.2) is 4.98 Å². The van der Waals surface area contributed by atoms with Crippen LogP contribution in [0.5, 0.6) is 0 Å². The fraction of sp³-hybridized carbons (Fsp3) is 0.615. The van der Waals surface area contributed by atoms with Gasteiger partial charge in [-0.2, -0.15) is 0 Å². The van der Waals surface area contributed by atoms with Crippen LogP contribution in [0.4, 0.5) is 5.82 Å². The van der Waals surface area contributed by atoms with Gasteiger partial charge in [0.2, 0.25) is 0 Å². The number of rotatable bonds is 5. The van der Waals surface area contributed by atoms with Crippen LogP contribution < -0.4 is 5.32 Å². The van der Waals surface area contributed by atoms with Gasteiger partial charge in [0.05, 0.1) is 32.1 Å². The van der Waals surface area contributed by atoms with Crippen molar-refractivity contribution in [2.75, 3.05) is 25.1 Å². The van der Waals surface area contributed by atoms with Crippen molar-refractivity contribution in [2.24, 2.45) is 0 Å². The van der Waals surface area contributed by atoms with Gasteiger partial charge in [-0.1, -0.05) is 0 Å². The quantitative estimate of drug-likeness (QED) is 0.464. The minimum absolute atomic E-state index is 0.0593. The largest absolute Gasteiger partial charge is 0.481 e. The van der Waals surface area contributed by atoms with Gasteiger partial charge in [0.25, 0.3) is 0 Å². The van der Waals surface area contributed by atoms with Gasteiger partial charge in [0.15, 0.2) is 5.84 Å². The van der Waals surface area contributed by atoms with Crippen LogP contribution >= 0.6 is 0 Å². The molecule has 0 aliphatic carbocycles. The lowest BCUT2D eigenvalue weighted by Gasteiger charge is -2.30. The predicted octanol–water partition coefficient (Wildman–Crippen LogP) is -0.991. The van der Waals surface area contributed by atoms with E-state index in [-0.39, 0.29) is 25.4 Å². The van der Waals surface area contributed by atoms with E-state index in [4.69, 9.17) is 20.4 Å². The third-order valence-electron chi connectivity index (χ3n) is 4.06. The van der Waals surface area contributed by atoms with Crippen LogP contribution in [0.2, 0.25) is 0 Å². The summed E-state index contributed by atoms with van der Waals surface area (Å²) in [7, 11) is 0. The molecular formula is C13H19N5O5. The van der Waals surface area contributed by atoms with E-state index in [0.29, 0.717) is 24.6 Å². The third-order valence-corrected chi connectivity index (χ3v) is 4.06. The Hall–Kier alpha value is -2.17. The highest BCUT2D eigenvalue weighted by atomic mass is 16.5. The van der Waals surface area contributed by atoms with Gasteiger partial charge in [-0.05, 0) is 0 Å². The summed E-state index contributed by atoms with van der Waals surface area (Å²) in [5, 5.41) is 39.0. The van der Waals surface area contributed by atoms with Crippen molar-refractivity contribution in [2.45, 2.75) is 31.3 Å². The van der Waals surface area contributed by atoms with Crippen LogP contribution in [0.3, 0.4) is 0 Å². The number of hydrogen-bond donors (Lipinski definition) is 5. The molecule has 0 unspecified atom stereocenters. The van der Waals surface area contributed by atoms with Crippen molar-refractivity contribution in [1.82, 2.24) is 14.5 Å². The number of aliphatic hydroxyl groups is 2. The molecule has 1 aromatic rings. The summed E-state index contributed by atoms with van der Waals surface area (Å²) < 4.78 is 7.29. The average molecular weight is 325 g/mol. The first-order valence-electron chi connectivity index (χ1n) is 7.32. The van der Waals surface area contributed by atoms with Gasteiger partial charge < -0.3 is 30.3 Å². The van der Waals surface area contributed by atoms with Gasteiger partial charge in [0.1, 0.15) is 23.8 Å². The standard InChI is InChI=1S/C13H19N5O5/c14-12-11-13(16-5-17(12)2-1-10(21)22)18(6-15-11)9-3-7(20)8(4-19)23-9/h6-9,14,16,19-20H,1-5H2,(H,21,22)/t7-,8+,9+/m0/s1. The molecule has 0 amide bonds. The van der Waals surface area contributed by atoms with Crippen molar-refractivity contribution in [1.29, 1.82) is 5.41 Å². The van der Waals surface area contributed by atoms with E-state index in [0.717, 1.165) is 0 Å². The molecule has 2 aliphatic rings. The van der Waals surface area contributed by atoms with E-state index in [1.807, 2.05) is 0 Å². The molecule has 0 spiro atoms. The molecule has 1 aromatic heterocycles. The summed E-state index contributed by atoms with van der Waals surface area (Å²) in [4.78, 5) is 16.5. The summed E-state index contributed by atoms with van der Waals surface area (Å²) in [6.07, 6.45) is -0.0676. The average Bonchev–Trinajstić information content (AvgIpc) is 3.10. The molecule has 1 fully saturated rings. The van der Waals surface area contributed by atoms with E-state index in [9.17, 15) is 9.90 Å². The Morgan fingerprint density at radius 2 is 2.35 bits per heavy atom. The van der Waals surface area contributed by atoms with Gasteiger partial charge >= 0.3 is 5.97 Å². The SMILES string of the molecule is N=C1c2ncn([C@H]3C[C@H](O)[C@@H](CO)O3)c2NCN1CCC(=O)O. The van der Waals surface area contributed by atoms with Crippen molar-refractivity contribution in [3.05, 3.63) is 12.0 Å². The molecule has 10 heteroatoms. The predicted molar refractivity (Wildman–Crippen MR) is 78.1 cm³/mol. The zero-order valence-corrected chi connectivity index (χ0v) is 12.3. The lowest BCUT2D eigenvalue weighted by molar-refractivity contribution is -0.137. The number of anilines is 1. The summed E-state index contributed by atoms with van der Waals surface area (Å²) in [6.45, 7) is 0.253. The number of ether oxygens (including phenoxy) is 1. The number of nitrogens with one attached hydrogen (secondary N) is 2. The lowest BCUT2D eigenvalue weighted by Crippen LogP contribution is -2.41. The monoisotopic (exact) mass is 325 g/mol. The van der Waals surface area contributed by atoms with Crippen LogP contribution in [0, 0.1) is 5.41 Å². The Kier molecular flexibility index (Phi) is 4.20. The first-order chi connectivity index (χ1) is 11.0. The van der Waals surface area contributed by atoms with E-state index in [1.165, 1.54) is 6.33 Å². The smallest absolute Gasteiger partial charge is 0.305 e. The normalized spacial score (nSPS) is 27.0. The molecule has 3 rings (SSSR count). The molecule has 1 saturated heterocycles. The van der Waals surface area contributed by atoms with Crippen LogP contribution in [0.15, 0.2) is 6.33 Å². The molecule has 3 heterocycles. The number of aliphatic hydroxyl groups excluding tert-OH is 2. The maximum atomic E-state index is 10.7. The second-order valence-corrected chi connectivity index (χ2v) is 5.55. The number of fused-ring (bicyclic) bond motifs is 1. The molecule has 10 nitrogen and oxygen atoms in total. The van der Waals surface area contributed by atoms with Crippen molar-refractivity contribution in [3.63, 3.8) is 0 Å². The Morgan fingerprint density at radius 3 is 3.00 bits per heavy atom. The fourth-order valence-electron chi connectivity index (χ4n) is 2.80. The Labute approximate surface area is 131 Å². The van der Waals surface area contributed by atoms with Gasteiger partial charge in [-0.15, -0.1) is 0 Å². The number of amidine groups is 1. The van der Waals surface area contributed by atoms with Crippen molar-refractivity contribution in [3.8, 4) is 0 Å². The summed E-state index contributed by atoms with van der Waals surface area (Å²) in [5.74, 6) is -0.175. The molecule has 0 bridgehead atoms. The zero-order valence-electron chi connectivity index (χ0n) is 12.3. The van der Waals surface area contributed by atoms with Crippen LogP contribution in [0.25, 0.3) is 0 Å².